The first kappa shape index (κ1) is 20.9. The Morgan fingerprint density at radius 3 is 2.03 bits per heavy atom. The van der Waals surface area contributed by atoms with Gasteiger partial charge in [0, 0.05) is 5.92 Å². The largest absolute Gasteiger partial charge is 0.416 e. The third-order valence-electron chi connectivity index (χ3n) is 7.03. The summed E-state index contributed by atoms with van der Waals surface area (Å²) in [6.45, 7) is 0. The number of amides is 2. The smallest absolute Gasteiger partial charge is 0.274 e. The lowest BCUT2D eigenvalue weighted by molar-refractivity contribution is -0.137. The summed E-state index contributed by atoms with van der Waals surface area (Å²) in [5.74, 6) is -3.05. The minimum absolute atomic E-state index is 0.0886. The second kappa shape index (κ2) is 6.70. The summed E-state index contributed by atoms with van der Waals surface area (Å²) < 4.78 is 39.2. The highest BCUT2D eigenvalue weighted by Crippen LogP contribution is 2.66. The predicted octanol–water partition coefficient (Wildman–Crippen LogP) is 6.26. The third-order valence-corrected chi connectivity index (χ3v) is 8.70. The Bertz CT molecular complexity index is 1320. The van der Waals surface area contributed by atoms with E-state index in [1.807, 2.05) is 48.5 Å². The van der Waals surface area contributed by atoms with Gasteiger partial charge >= 0.3 is 6.18 Å². The van der Waals surface area contributed by atoms with Crippen LogP contribution in [-0.2, 0) is 20.1 Å². The van der Waals surface area contributed by atoms with Gasteiger partial charge in [0.1, 0.15) is 0 Å². The Morgan fingerprint density at radius 1 is 0.879 bits per heavy atom. The van der Waals surface area contributed by atoms with Crippen LogP contribution in [-0.4, -0.2) is 11.8 Å². The van der Waals surface area contributed by atoms with Crippen LogP contribution in [0.15, 0.2) is 66.7 Å². The minimum Gasteiger partial charge on any atom is -0.274 e. The van der Waals surface area contributed by atoms with Gasteiger partial charge in [0.15, 0.2) is 0 Å². The van der Waals surface area contributed by atoms with Crippen molar-refractivity contribution in [2.45, 2.75) is 16.4 Å². The standard InChI is InChI=1S/C25H14BrClF3NO2/c26-24-15-7-3-1-5-13(15)19(14-6-2-4-8-16(14)24)20-21(24)23(33)31(22(20)32)18-11-12(25(28,29)30)9-10-17(18)27/h1-11,19-21H/t19?,20-,21-,24?/m0/s1. The van der Waals surface area contributed by atoms with Gasteiger partial charge in [-0.2, -0.15) is 13.2 Å². The molecule has 0 aromatic heterocycles. The predicted molar refractivity (Wildman–Crippen MR) is 120 cm³/mol. The van der Waals surface area contributed by atoms with Gasteiger partial charge in [0.2, 0.25) is 11.8 Å². The molecule has 1 fully saturated rings. The first-order valence-electron chi connectivity index (χ1n) is 10.3. The molecule has 2 bridgehead atoms. The molecule has 166 valence electrons. The lowest BCUT2D eigenvalue weighted by Crippen LogP contribution is -2.50. The number of hydrogen-bond acceptors (Lipinski definition) is 2. The SMILES string of the molecule is O=C1[C@@H]2[C@@H](C(=O)N1c1cc(C(F)(F)F)ccc1Cl)C1c3ccccc3C2(Br)c2ccccc21. The van der Waals surface area contributed by atoms with Gasteiger partial charge < -0.3 is 0 Å². The molecule has 33 heavy (non-hydrogen) atoms. The molecule has 2 amide bonds. The van der Waals surface area contributed by atoms with Gasteiger partial charge in [-0.3, -0.25) is 9.59 Å². The quantitative estimate of drug-likeness (QED) is 0.274. The minimum atomic E-state index is -4.64. The number of imide groups is 1. The molecule has 1 saturated heterocycles. The van der Waals surface area contributed by atoms with Gasteiger partial charge in [0.05, 0.1) is 32.4 Å². The van der Waals surface area contributed by atoms with E-state index in [1.165, 1.54) is 0 Å². The molecule has 3 nitrogen and oxygen atoms in total. The van der Waals surface area contributed by atoms with E-state index in [0.717, 1.165) is 45.4 Å². The van der Waals surface area contributed by atoms with Crippen LogP contribution in [0.3, 0.4) is 0 Å². The zero-order valence-corrected chi connectivity index (χ0v) is 19.1. The fourth-order valence-corrected chi connectivity index (χ4v) is 7.18. The van der Waals surface area contributed by atoms with E-state index >= 15 is 0 Å². The molecule has 3 aliphatic carbocycles. The number of nitrogens with zero attached hydrogens (tertiary/aromatic N) is 1. The number of rotatable bonds is 1. The van der Waals surface area contributed by atoms with Crippen LogP contribution in [0.5, 0.6) is 0 Å². The van der Waals surface area contributed by atoms with E-state index in [1.54, 1.807) is 0 Å². The van der Waals surface area contributed by atoms with E-state index in [0.29, 0.717) is 0 Å². The van der Waals surface area contributed by atoms with Gasteiger partial charge in [0.25, 0.3) is 0 Å². The average Bonchev–Trinajstić information content (AvgIpc) is 3.05. The fourth-order valence-electron chi connectivity index (χ4n) is 5.78. The van der Waals surface area contributed by atoms with Crippen LogP contribution in [0.2, 0.25) is 5.02 Å². The summed E-state index contributed by atoms with van der Waals surface area (Å²) in [7, 11) is 0. The zero-order chi connectivity index (χ0) is 23.3. The van der Waals surface area contributed by atoms with Crippen molar-refractivity contribution in [2.24, 2.45) is 11.8 Å². The van der Waals surface area contributed by atoms with Gasteiger partial charge in [-0.05, 0) is 40.5 Å². The van der Waals surface area contributed by atoms with Gasteiger partial charge in [-0.25, -0.2) is 4.90 Å². The molecule has 2 atom stereocenters. The summed E-state index contributed by atoms with van der Waals surface area (Å²) in [5, 5.41) is -0.0886. The van der Waals surface area contributed by atoms with Crippen LogP contribution in [0.4, 0.5) is 18.9 Å². The highest BCUT2D eigenvalue weighted by Gasteiger charge is 2.67. The van der Waals surface area contributed by atoms with Crippen molar-refractivity contribution in [3.05, 3.63) is 99.6 Å². The number of hydrogen-bond donors (Lipinski definition) is 0. The van der Waals surface area contributed by atoms with Gasteiger partial charge in [-0.15, -0.1) is 0 Å². The monoisotopic (exact) mass is 531 g/mol. The second-order valence-electron chi connectivity index (χ2n) is 8.54. The number of anilines is 1. The first-order chi connectivity index (χ1) is 15.7. The molecule has 3 aromatic carbocycles. The molecule has 0 N–H and O–H groups in total. The van der Waals surface area contributed by atoms with Crippen LogP contribution < -0.4 is 4.90 Å². The fraction of sp³-hybridized carbons (Fsp3) is 0.200. The number of benzene rings is 3. The van der Waals surface area contributed by atoms with E-state index in [2.05, 4.69) is 15.9 Å². The maximum atomic E-state index is 13.8. The topological polar surface area (TPSA) is 37.4 Å². The number of carbonyl (C=O) groups excluding carboxylic acids is 2. The molecule has 7 rings (SSSR count). The summed E-state index contributed by atoms with van der Waals surface area (Å²) >= 11 is 10.1. The summed E-state index contributed by atoms with van der Waals surface area (Å²) in [5.41, 5.74) is 2.46. The maximum absolute atomic E-state index is 13.8. The summed E-state index contributed by atoms with van der Waals surface area (Å²) in [6.07, 6.45) is -4.64. The van der Waals surface area contributed by atoms with E-state index in [4.69, 9.17) is 11.6 Å². The Labute approximate surface area is 200 Å². The van der Waals surface area contributed by atoms with Crippen molar-refractivity contribution >= 4 is 45.0 Å². The Balaban J connectivity index is 1.58. The maximum Gasteiger partial charge on any atom is 0.416 e. The van der Waals surface area contributed by atoms with Crippen molar-refractivity contribution in [2.75, 3.05) is 4.90 Å². The van der Waals surface area contributed by atoms with Crippen molar-refractivity contribution < 1.29 is 22.8 Å². The molecule has 0 spiro atoms. The molecule has 1 aliphatic heterocycles. The van der Waals surface area contributed by atoms with Crippen molar-refractivity contribution in [1.29, 1.82) is 0 Å². The van der Waals surface area contributed by atoms with E-state index < -0.39 is 39.7 Å². The van der Waals surface area contributed by atoms with E-state index in [9.17, 15) is 22.8 Å². The molecule has 8 heteroatoms. The molecule has 0 saturated carbocycles. The molecule has 3 aromatic rings. The Kier molecular flexibility index (Phi) is 4.25. The number of alkyl halides is 4. The van der Waals surface area contributed by atoms with Crippen LogP contribution >= 0.6 is 27.5 Å². The average molecular weight is 533 g/mol. The molecule has 0 radical (unpaired) electrons. The highest BCUT2D eigenvalue weighted by atomic mass is 79.9. The first-order valence-corrected chi connectivity index (χ1v) is 11.4. The molecular weight excluding hydrogens is 519 g/mol. The molecular formula is C25H14BrClF3NO2. The normalized spacial score (nSPS) is 27.4. The molecule has 1 heterocycles. The Hall–Kier alpha value is -2.64. The van der Waals surface area contributed by atoms with Crippen LogP contribution in [0, 0.1) is 11.8 Å². The summed E-state index contributed by atoms with van der Waals surface area (Å²) in [4.78, 5) is 28.4. The van der Waals surface area contributed by atoms with Crippen LogP contribution in [0.1, 0.15) is 33.7 Å². The number of carbonyl (C=O) groups is 2. The lowest BCUT2D eigenvalue weighted by atomic mass is 9.55. The lowest BCUT2D eigenvalue weighted by Gasteiger charge is -2.51. The molecule has 0 unspecified atom stereocenters. The van der Waals surface area contributed by atoms with Crippen molar-refractivity contribution in [3.63, 3.8) is 0 Å². The molecule has 4 aliphatic rings. The van der Waals surface area contributed by atoms with Crippen molar-refractivity contribution in [1.82, 2.24) is 0 Å². The van der Waals surface area contributed by atoms with Crippen molar-refractivity contribution in [3.8, 4) is 0 Å². The van der Waals surface area contributed by atoms with Gasteiger partial charge in [-0.1, -0.05) is 76.1 Å². The second-order valence-corrected chi connectivity index (χ2v) is 10.2. The van der Waals surface area contributed by atoms with E-state index in [-0.39, 0.29) is 16.6 Å². The van der Waals surface area contributed by atoms with Crippen LogP contribution in [0.25, 0.3) is 0 Å². The number of halogens is 5. The third kappa shape index (κ3) is 2.58. The Morgan fingerprint density at radius 2 is 1.45 bits per heavy atom. The highest BCUT2D eigenvalue weighted by molar-refractivity contribution is 9.09. The summed E-state index contributed by atoms with van der Waals surface area (Å²) in [6, 6.07) is 18.0. The zero-order valence-electron chi connectivity index (χ0n) is 16.7.